The van der Waals surface area contributed by atoms with Crippen molar-refractivity contribution in [2.24, 2.45) is 0 Å². The molecule has 1 aromatic carbocycles. The fourth-order valence-corrected chi connectivity index (χ4v) is 1.64. The third kappa shape index (κ3) is 1.72. The molecule has 2 nitrogen and oxygen atoms in total. The Kier molecular flexibility index (Phi) is 2.30. The third-order valence-corrected chi connectivity index (χ3v) is 2.34. The summed E-state index contributed by atoms with van der Waals surface area (Å²) in [5, 5.41) is 0. The zero-order valence-corrected chi connectivity index (χ0v) is 7.49. The SMILES string of the molecule is O=C1CCCCN1c1cc[c]cc1. The van der Waals surface area contributed by atoms with Crippen LogP contribution < -0.4 is 4.90 Å². The summed E-state index contributed by atoms with van der Waals surface area (Å²) in [5.74, 6) is 0.248. The zero-order chi connectivity index (χ0) is 9.10. The summed E-state index contributed by atoms with van der Waals surface area (Å²) in [5.41, 5.74) is 1.00. The van der Waals surface area contributed by atoms with Crippen LogP contribution in [0, 0.1) is 6.07 Å². The van der Waals surface area contributed by atoms with Crippen LogP contribution in [-0.2, 0) is 4.79 Å². The average molecular weight is 174 g/mol. The van der Waals surface area contributed by atoms with Crippen molar-refractivity contribution >= 4 is 11.6 Å². The molecule has 2 heteroatoms. The van der Waals surface area contributed by atoms with E-state index in [1.54, 1.807) is 0 Å². The minimum Gasteiger partial charge on any atom is -0.312 e. The molecule has 0 N–H and O–H groups in total. The molecule has 0 saturated carbocycles. The lowest BCUT2D eigenvalue weighted by Crippen LogP contribution is -2.35. The van der Waals surface area contributed by atoms with E-state index in [0.717, 1.165) is 25.1 Å². The lowest BCUT2D eigenvalue weighted by Gasteiger charge is -2.26. The Morgan fingerprint density at radius 1 is 1.23 bits per heavy atom. The fourth-order valence-electron chi connectivity index (χ4n) is 1.64. The summed E-state index contributed by atoms with van der Waals surface area (Å²) in [4.78, 5) is 13.4. The van der Waals surface area contributed by atoms with Crippen molar-refractivity contribution in [2.75, 3.05) is 11.4 Å². The molecule has 1 fully saturated rings. The predicted molar refractivity (Wildman–Crippen MR) is 51.5 cm³/mol. The average Bonchev–Trinajstić information content (AvgIpc) is 2.20. The molecule has 1 amide bonds. The van der Waals surface area contributed by atoms with E-state index in [1.807, 2.05) is 29.2 Å². The van der Waals surface area contributed by atoms with E-state index in [4.69, 9.17) is 0 Å². The Bertz CT molecular complexity index is 294. The second-order valence-corrected chi connectivity index (χ2v) is 3.26. The van der Waals surface area contributed by atoms with Gasteiger partial charge in [-0.1, -0.05) is 12.1 Å². The quantitative estimate of drug-likeness (QED) is 0.637. The van der Waals surface area contributed by atoms with Gasteiger partial charge in [0, 0.05) is 18.7 Å². The number of amides is 1. The number of benzene rings is 1. The van der Waals surface area contributed by atoms with Crippen molar-refractivity contribution in [3.8, 4) is 0 Å². The molecule has 0 atom stereocenters. The molecule has 1 aromatic rings. The van der Waals surface area contributed by atoms with E-state index >= 15 is 0 Å². The highest BCUT2D eigenvalue weighted by molar-refractivity contribution is 5.93. The van der Waals surface area contributed by atoms with Crippen LogP contribution in [0.4, 0.5) is 5.69 Å². The normalized spacial score (nSPS) is 17.5. The molecule has 0 aromatic heterocycles. The van der Waals surface area contributed by atoms with E-state index in [-0.39, 0.29) is 5.91 Å². The van der Waals surface area contributed by atoms with Crippen LogP contribution in [0.2, 0.25) is 0 Å². The highest BCUT2D eigenvalue weighted by atomic mass is 16.2. The first kappa shape index (κ1) is 8.30. The van der Waals surface area contributed by atoms with E-state index in [0.29, 0.717) is 6.42 Å². The zero-order valence-electron chi connectivity index (χ0n) is 7.49. The molecule has 0 unspecified atom stereocenters. The number of hydrogen-bond acceptors (Lipinski definition) is 1. The Morgan fingerprint density at radius 2 is 2.00 bits per heavy atom. The van der Waals surface area contributed by atoms with Crippen molar-refractivity contribution in [3.63, 3.8) is 0 Å². The van der Waals surface area contributed by atoms with Gasteiger partial charge in [0.1, 0.15) is 0 Å². The Labute approximate surface area is 78.2 Å². The van der Waals surface area contributed by atoms with Gasteiger partial charge in [-0.25, -0.2) is 0 Å². The molecule has 1 heterocycles. The molecule has 1 aliphatic rings. The summed E-state index contributed by atoms with van der Waals surface area (Å²) >= 11 is 0. The standard InChI is InChI=1S/C11H12NO/c13-11-8-4-5-9-12(11)10-6-2-1-3-7-10/h2-3,6-7H,4-5,8-9H2. The number of anilines is 1. The Hall–Kier alpha value is -1.31. The Balaban J connectivity index is 2.20. The molecular weight excluding hydrogens is 162 g/mol. The first-order valence-electron chi connectivity index (χ1n) is 4.64. The van der Waals surface area contributed by atoms with Gasteiger partial charge in [0.15, 0.2) is 0 Å². The van der Waals surface area contributed by atoms with Gasteiger partial charge >= 0.3 is 0 Å². The first-order chi connectivity index (χ1) is 6.38. The minimum absolute atomic E-state index is 0.248. The molecule has 0 aliphatic carbocycles. The van der Waals surface area contributed by atoms with E-state index in [1.165, 1.54) is 0 Å². The number of piperidine rings is 1. The van der Waals surface area contributed by atoms with Crippen molar-refractivity contribution in [1.82, 2.24) is 0 Å². The highest BCUT2D eigenvalue weighted by Crippen LogP contribution is 2.19. The van der Waals surface area contributed by atoms with Gasteiger partial charge in [0.25, 0.3) is 0 Å². The van der Waals surface area contributed by atoms with Gasteiger partial charge in [-0.2, -0.15) is 0 Å². The molecule has 1 radical (unpaired) electrons. The fraction of sp³-hybridized carbons (Fsp3) is 0.364. The predicted octanol–water partition coefficient (Wildman–Crippen LogP) is 2.00. The molecule has 0 bridgehead atoms. The molecule has 67 valence electrons. The maximum absolute atomic E-state index is 11.5. The minimum atomic E-state index is 0.248. The van der Waals surface area contributed by atoms with Crippen molar-refractivity contribution in [2.45, 2.75) is 19.3 Å². The van der Waals surface area contributed by atoms with Crippen LogP contribution in [0.15, 0.2) is 24.3 Å². The van der Waals surface area contributed by atoms with E-state index < -0.39 is 0 Å². The molecule has 1 saturated heterocycles. The molecule has 1 aliphatic heterocycles. The van der Waals surface area contributed by atoms with Crippen molar-refractivity contribution in [3.05, 3.63) is 30.3 Å². The third-order valence-electron chi connectivity index (χ3n) is 2.34. The summed E-state index contributed by atoms with van der Waals surface area (Å²) in [6, 6.07) is 10.5. The maximum Gasteiger partial charge on any atom is 0.226 e. The second kappa shape index (κ2) is 3.60. The lowest BCUT2D eigenvalue weighted by molar-refractivity contribution is -0.119. The smallest absolute Gasteiger partial charge is 0.226 e. The number of carbonyl (C=O) groups is 1. The summed E-state index contributed by atoms with van der Waals surface area (Å²) < 4.78 is 0. The van der Waals surface area contributed by atoms with Crippen LogP contribution in [0.3, 0.4) is 0 Å². The van der Waals surface area contributed by atoms with E-state index in [2.05, 4.69) is 6.07 Å². The van der Waals surface area contributed by atoms with Crippen LogP contribution >= 0.6 is 0 Å². The van der Waals surface area contributed by atoms with Gasteiger partial charge in [-0.15, -0.1) is 0 Å². The molecule has 13 heavy (non-hydrogen) atoms. The van der Waals surface area contributed by atoms with Crippen molar-refractivity contribution in [1.29, 1.82) is 0 Å². The second-order valence-electron chi connectivity index (χ2n) is 3.26. The number of rotatable bonds is 1. The van der Waals surface area contributed by atoms with Gasteiger partial charge in [0.2, 0.25) is 5.91 Å². The molecular formula is C11H12NO. The van der Waals surface area contributed by atoms with Gasteiger partial charge in [-0.05, 0) is 31.0 Å². The number of hydrogen-bond donors (Lipinski definition) is 0. The number of carbonyl (C=O) groups excluding carboxylic acids is 1. The number of nitrogens with zero attached hydrogens (tertiary/aromatic N) is 1. The largest absolute Gasteiger partial charge is 0.312 e. The van der Waals surface area contributed by atoms with Crippen LogP contribution in [0.5, 0.6) is 0 Å². The molecule has 2 rings (SSSR count). The van der Waals surface area contributed by atoms with E-state index in [9.17, 15) is 4.79 Å². The topological polar surface area (TPSA) is 20.3 Å². The van der Waals surface area contributed by atoms with Crippen molar-refractivity contribution < 1.29 is 4.79 Å². The van der Waals surface area contributed by atoms with Crippen LogP contribution in [0.1, 0.15) is 19.3 Å². The first-order valence-corrected chi connectivity index (χ1v) is 4.64. The van der Waals surface area contributed by atoms with Gasteiger partial charge < -0.3 is 4.90 Å². The van der Waals surface area contributed by atoms with Crippen LogP contribution in [0.25, 0.3) is 0 Å². The lowest BCUT2D eigenvalue weighted by atomic mass is 10.1. The van der Waals surface area contributed by atoms with Gasteiger partial charge in [-0.3, -0.25) is 4.79 Å². The molecule has 0 spiro atoms. The summed E-state index contributed by atoms with van der Waals surface area (Å²) in [6.45, 7) is 0.864. The Morgan fingerprint density at radius 3 is 2.69 bits per heavy atom. The summed E-state index contributed by atoms with van der Waals surface area (Å²) in [7, 11) is 0. The monoisotopic (exact) mass is 174 g/mol. The maximum atomic E-state index is 11.5. The van der Waals surface area contributed by atoms with Crippen LogP contribution in [-0.4, -0.2) is 12.5 Å². The highest BCUT2D eigenvalue weighted by Gasteiger charge is 2.18. The van der Waals surface area contributed by atoms with Gasteiger partial charge in [0.05, 0.1) is 0 Å². The summed E-state index contributed by atoms with van der Waals surface area (Å²) in [6.07, 6.45) is 2.84.